The van der Waals surface area contributed by atoms with Crippen LogP contribution >= 0.6 is 23.7 Å². The summed E-state index contributed by atoms with van der Waals surface area (Å²) in [6.07, 6.45) is 0.842. The second-order valence-corrected chi connectivity index (χ2v) is 6.69. The maximum atomic E-state index is 6.52. The van der Waals surface area contributed by atoms with Crippen LogP contribution < -0.4 is 5.73 Å². The Morgan fingerprint density at radius 3 is 2.86 bits per heavy atom. The fourth-order valence-corrected chi connectivity index (χ4v) is 3.36. The third kappa shape index (κ3) is 2.40. The molecular formula is C14H20ClN3O2S. The van der Waals surface area contributed by atoms with Gasteiger partial charge >= 0.3 is 0 Å². The summed E-state index contributed by atoms with van der Waals surface area (Å²) in [6, 6.07) is 3.93. The van der Waals surface area contributed by atoms with Crippen molar-refractivity contribution in [3.63, 3.8) is 0 Å². The van der Waals surface area contributed by atoms with Gasteiger partial charge in [0.15, 0.2) is 0 Å². The van der Waals surface area contributed by atoms with Gasteiger partial charge in [-0.15, -0.1) is 23.7 Å². The molecule has 2 heterocycles. The van der Waals surface area contributed by atoms with E-state index in [2.05, 4.69) is 24.0 Å². The number of nitrogens with zero attached hydrogens (tertiary/aromatic N) is 2. The topological polar surface area (TPSA) is 74.2 Å². The fraction of sp³-hybridized carbons (Fsp3) is 0.571. The Bertz CT molecular complexity index is 599. The number of hydrogen-bond donors (Lipinski definition) is 1. The first-order chi connectivity index (χ1) is 9.49. The quantitative estimate of drug-likeness (QED) is 0.932. The molecule has 1 fully saturated rings. The van der Waals surface area contributed by atoms with Gasteiger partial charge in [-0.3, -0.25) is 0 Å². The number of hydrogen-bond acceptors (Lipinski definition) is 6. The summed E-state index contributed by atoms with van der Waals surface area (Å²) >= 11 is 1.58. The van der Waals surface area contributed by atoms with Gasteiger partial charge in [-0.1, -0.05) is 25.1 Å². The highest BCUT2D eigenvalue weighted by Crippen LogP contribution is 2.55. The smallest absolute Gasteiger partial charge is 0.247 e. The lowest BCUT2D eigenvalue weighted by atomic mass is 9.54. The van der Waals surface area contributed by atoms with Crippen molar-refractivity contribution in [3.05, 3.63) is 23.4 Å². The zero-order valence-electron chi connectivity index (χ0n) is 12.3. The molecular weight excluding hydrogens is 310 g/mol. The zero-order chi connectivity index (χ0) is 14.4. The van der Waals surface area contributed by atoms with Crippen molar-refractivity contribution in [3.8, 4) is 10.7 Å². The number of aromatic nitrogens is 2. The van der Waals surface area contributed by atoms with Crippen LogP contribution in [0.5, 0.6) is 0 Å². The maximum absolute atomic E-state index is 6.52. The van der Waals surface area contributed by atoms with E-state index in [4.69, 9.17) is 15.0 Å². The number of thiophene rings is 1. The third-order valence-corrected chi connectivity index (χ3v) is 5.24. The van der Waals surface area contributed by atoms with Gasteiger partial charge in [-0.2, -0.15) is 4.98 Å². The van der Waals surface area contributed by atoms with E-state index in [9.17, 15) is 0 Å². The van der Waals surface area contributed by atoms with Crippen LogP contribution in [0.1, 0.15) is 33.1 Å². The Kier molecular flexibility index (Phi) is 4.44. The molecule has 21 heavy (non-hydrogen) atoms. The zero-order valence-corrected chi connectivity index (χ0v) is 14.0. The number of rotatable bonds is 4. The van der Waals surface area contributed by atoms with Crippen LogP contribution in [0.2, 0.25) is 0 Å². The lowest BCUT2D eigenvalue weighted by Crippen LogP contribution is -2.67. The Morgan fingerprint density at radius 2 is 2.29 bits per heavy atom. The van der Waals surface area contributed by atoms with Crippen LogP contribution in [0.3, 0.4) is 0 Å². The first-order valence-corrected chi connectivity index (χ1v) is 7.65. The Labute approximate surface area is 134 Å². The molecule has 3 rings (SSSR count). The average molecular weight is 330 g/mol. The first kappa shape index (κ1) is 16.4. The summed E-state index contributed by atoms with van der Waals surface area (Å²) < 4.78 is 11.1. The van der Waals surface area contributed by atoms with Crippen molar-refractivity contribution in [1.29, 1.82) is 0 Å². The van der Waals surface area contributed by atoms with E-state index in [1.165, 1.54) is 0 Å². The maximum Gasteiger partial charge on any atom is 0.247 e. The van der Waals surface area contributed by atoms with E-state index in [1.807, 2.05) is 24.4 Å². The van der Waals surface area contributed by atoms with Crippen LogP contribution in [0.15, 0.2) is 22.0 Å². The van der Waals surface area contributed by atoms with Crippen molar-refractivity contribution in [1.82, 2.24) is 10.1 Å². The van der Waals surface area contributed by atoms with E-state index in [-0.39, 0.29) is 23.9 Å². The Hall–Kier alpha value is -0.950. The molecule has 2 aromatic rings. The largest absolute Gasteiger partial charge is 0.378 e. The van der Waals surface area contributed by atoms with E-state index in [1.54, 1.807) is 11.3 Å². The Balaban J connectivity index is 0.00000161. The summed E-state index contributed by atoms with van der Waals surface area (Å²) in [5, 5.41) is 6.03. The minimum atomic E-state index is -0.616. The first-order valence-electron chi connectivity index (χ1n) is 6.77. The lowest BCUT2D eigenvalue weighted by molar-refractivity contribution is -0.162. The van der Waals surface area contributed by atoms with Crippen molar-refractivity contribution in [2.75, 3.05) is 6.61 Å². The van der Waals surface area contributed by atoms with Crippen molar-refractivity contribution >= 4 is 23.7 Å². The number of nitrogens with two attached hydrogens (primary N) is 1. The molecule has 1 saturated carbocycles. The normalized spacial score (nSPS) is 27.0. The summed E-state index contributed by atoms with van der Waals surface area (Å²) in [5.41, 5.74) is 5.68. The van der Waals surface area contributed by atoms with E-state index >= 15 is 0 Å². The van der Waals surface area contributed by atoms with Crippen LogP contribution in [0.25, 0.3) is 10.7 Å². The van der Waals surface area contributed by atoms with Gasteiger partial charge in [-0.05, 0) is 18.4 Å². The van der Waals surface area contributed by atoms with Crippen molar-refractivity contribution < 1.29 is 9.26 Å². The third-order valence-electron chi connectivity index (χ3n) is 4.38. The monoisotopic (exact) mass is 329 g/mol. The van der Waals surface area contributed by atoms with E-state index < -0.39 is 5.54 Å². The molecule has 2 N–H and O–H groups in total. The molecule has 2 aromatic heterocycles. The predicted octanol–water partition coefficient (Wildman–Crippen LogP) is 3.21. The molecule has 7 heteroatoms. The molecule has 0 radical (unpaired) electrons. The van der Waals surface area contributed by atoms with Gasteiger partial charge < -0.3 is 15.0 Å². The van der Waals surface area contributed by atoms with Crippen LogP contribution in [-0.4, -0.2) is 22.9 Å². The van der Waals surface area contributed by atoms with Gasteiger partial charge in [0.05, 0.1) is 11.0 Å². The molecule has 0 aromatic carbocycles. The number of ether oxygens (including phenoxy) is 1. The Morgan fingerprint density at radius 1 is 1.52 bits per heavy atom. The second-order valence-electron chi connectivity index (χ2n) is 5.74. The molecule has 0 bridgehead atoms. The summed E-state index contributed by atoms with van der Waals surface area (Å²) in [6.45, 7) is 6.86. The standard InChI is InChI=1S/C14H19N3O2S.ClH/c1-4-18-10-8-14(15,13(10,2)3)12-16-11(17-19-12)9-6-5-7-20-9;/h5-7,10H,4,8,15H2,1-3H3;1H. The highest BCUT2D eigenvalue weighted by Gasteiger charge is 2.62. The van der Waals surface area contributed by atoms with Gasteiger partial charge in [0.2, 0.25) is 11.7 Å². The molecule has 0 amide bonds. The fourth-order valence-electron chi connectivity index (χ4n) is 2.71. The van der Waals surface area contributed by atoms with Crippen LogP contribution in [0.4, 0.5) is 0 Å². The van der Waals surface area contributed by atoms with E-state index in [0.717, 1.165) is 4.88 Å². The molecule has 1 aliphatic rings. The molecule has 0 aliphatic heterocycles. The predicted molar refractivity (Wildman–Crippen MR) is 84.5 cm³/mol. The highest BCUT2D eigenvalue weighted by molar-refractivity contribution is 7.13. The molecule has 116 valence electrons. The molecule has 1 aliphatic carbocycles. The minimum Gasteiger partial charge on any atom is -0.378 e. The van der Waals surface area contributed by atoms with Crippen molar-refractivity contribution in [2.24, 2.45) is 11.1 Å². The van der Waals surface area contributed by atoms with Gasteiger partial charge in [0, 0.05) is 18.4 Å². The summed E-state index contributed by atoms with van der Waals surface area (Å²) in [5.74, 6) is 1.11. The minimum absolute atomic E-state index is 0. The average Bonchev–Trinajstić information content (AvgIpc) is 3.09. The lowest BCUT2D eigenvalue weighted by Gasteiger charge is -2.56. The van der Waals surface area contributed by atoms with Gasteiger partial charge in [0.25, 0.3) is 0 Å². The van der Waals surface area contributed by atoms with Gasteiger partial charge in [-0.25, -0.2) is 0 Å². The highest BCUT2D eigenvalue weighted by atomic mass is 35.5. The second kappa shape index (κ2) is 5.68. The summed E-state index contributed by atoms with van der Waals surface area (Å²) in [7, 11) is 0. The molecule has 2 unspecified atom stereocenters. The summed E-state index contributed by atoms with van der Waals surface area (Å²) in [4.78, 5) is 5.48. The van der Waals surface area contributed by atoms with Crippen LogP contribution in [0, 0.1) is 5.41 Å². The molecule has 0 spiro atoms. The van der Waals surface area contributed by atoms with Gasteiger partial charge in [0.1, 0.15) is 5.54 Å². The SMILES string of the molecule is CCOC1CC(N)(c2nc(-c3cccs3)no2)C1(C)C.Cl. The van der Waals surface area contributed by atoms with Crippen LogP contribution in [-0.2, 0) is 10.3 Å². The molecule has 2 atom stereocenters. The molecule has 0 saturated heterocycles. The van der Waals surface area contributed by atoms with Crippen molar-refractivity contribution in [2.45, 2.75) is 38.8 Å². The molecule has 5 nitrogen and oxygen atoms in total. The number of halogens is 1. The van der Waals surface area contributed by atoms with E-state index in [0.29, 0.717) is 24.7 Å².